The summed E-state index contributed by atoms with van der Waals surface area (Å²) in [7, 11) is 7.61. The molecule has 0 saturated carbocycles. The highest BCUT2D eigenvalue weighted by molar-refractivity contribution is 5.76. The summed E-state index contributed by atoms with van der Waals surface area (Å²) in [6, 6.07) is 5.29. The lowest BCUT2D eigenvalue weighted by Crippen LogP contribution is -3.10. The minimum atomic E-state index is 0.590. The smallest absolute Gasteiger partial charge is 0.294 e. The van der Waals surface area contributed by atoms with Crippen molar-refractivity contribution in [1.82, 2.24) is 9.88 Å². The minimum absolute atomic E-state index is 0.590. The SMILES string of the molecule is CN(C)C(=N)[NH+](C)C.[O-]N=Cc1ccccn1. The van der Waals surface area contributed by atoms with Crippen LogP contribution in [0.5, 0.6) is 0 Å². The molecule has 0 aliphatic carbocycles. The Morgan fingerprint density at radius 2 is 2.12 bits per heavy atom. The van der Waals surface area contributed by atoms with Crippen molar-refractivity contribution in [3.05, 3.63) is 35.3 Å². The van der Waals surface area contributed by atoms with Crippen LogP contribution in [0.2, 0.25) is 0 Å². The summed E-state index contributed by atoms with van der Waals surface area (Å²) in [6.07, 6.45) is 2.77. The van der Waals surface area contributed by atoms with E-state index < -0.39 is 0 Å². The van der Waals surface area contributed by atoms with Crippen molar-refractivity contribution >= 4 is 12.2 Å². The Kier molecular flexibility index (Phi) is 7.29. The molecule has 0 radical (unpaired) electrons. The van der Waals surface area contributed by atoms with E-state index in [0.717, 1.165) is 4.90 Å². The summed E-state index contributed by atoms with van der Waals surface area (Å²) in [5, 5.41) is 19.5. The van der Waals surface area contributed by atoms with Crippen molar-refractivity contribution < 1.29 is 4.90 Å². The van der Waals surface area contributed by atoms with E-state index in [9.17, 15) is 5.21 Å². The van der Waals surface area contributed by atoms with Gasteiger partial charge in [-0.1, -0.05) is 6.07 Å². The summed E-state index contributed by atoms with van der Waals surface area (Å²) in [6.45, 7) is 0. The fraction of sp³-hybridized carbons (Fsp3) is 0.364. The van der Waals surface area contributed by atoms with Gasteiger partial charge in [0.25, 0.3) is 5.96 Å². The zero-order chi connectivity index (χ0) is 13.3. The Balaban J connectivity index is 0.000000304. The van der Waals surface area contributed by atoms with Gasteiger partial charge in [-0.25, -0.2) is 5.41 Å². The van der Waals surface area contributed by atoms with Crippen molar-refractivity contribution in [3.8, 4) is 0 Å². The second-order valence-electron chi connectivity index (χ2n) is 3.73. The van der Waals surface area contributed by atoms with Gasteiger partial charge in [0.2, 0.25) is 0 Å². The molecule has 1 heterocycles. The molecule has 94 valence electrons. The molecule has 0 aromatic carbocycles. The first kappa shape index (κ1) is 15.0. The molecule has 0 unspecified atom stereocenters. The Hall–Kier alpha value is -1.95. The van der Waals surface area contributed by atoms with Gasteiger partial charge in [0.05, 0.1) is 19.8 Å². The number of aromatic nitrogens is 1. The standard InChI is InChI=1S/C6H6N2O.C5H13N3/c9-8-5-6-3-1-2-4-7-6;1-7(2)5(6)8(3)4/h1-5,9H;6H,1-4H3. The predicted molar refractivity (Wildman–Crippen MR) is 69.4 cm³/mol. The third-order valence-corrected chi connectivity index (χ3v) is 1.79. The van der Waals surface area contributed by atoms with Gasteiger partial charge >= 0.3 is 0 Å². The molecule has 6 heteroatoms. The molecule has 0 atom stereocenters. The van der Waals surface area contributed by atoms with Crippen LogP contribution >= 0.6 is 0 Å². The number of hydrogen-bond acceptors (Lipinski definition) is 4. The second kappa shape index (κ2) is 8.23. The van der Waals surface area contributed by atoms with Crippen LogP contribution in [-0.2, 0) is 0 Å². The molecular weight excluding hydrogens is 218 g/mol. The highest BCUT2D eigenvalue weighted by Gasteiger charge is 2.03. The van der Waals surface area contributed by atoms with Crippen LogP contribution in [0.4, 0.5) is 0 Å². The van der Waals surface area contributed by atoms with Crippen LogP contribution in [0.25, 0.3) is 0 Å². The van der Waals surface area contributed by atoms with Gasteiger partial charge in [-0.15, -0.1) is 0 Å². The molecule has 0 fully saturated rings. The van der Waals surface area contributed by atoms with E-state index in [4.69, 9.17) is 5.41 Å². The van der Waals surface area contributed by atoms with Gasteiger partial charge in [0, 0.05) is 26.5 Å². The molecule has 0 saturated heterocycles. The molecule has 1 aromatic heterocycles. The molecule has 0 bridgehead atoms. The lowest BCUT2D eigenvalue weighted by Gasteiger charge is -2.14. The van der Waals surface area contributed by atoms with Crippen LogP contribution in [0.1, 0.15) is 5.69 Å². The van der Waals surface area contributed by atoms with Crippen molar-refractivity contribution in [2.24, 2.45) is 5.16 Å². The van der Waals surface area contributed by atoms with Crippen molar-refractivity contribution in [2.75, 3.05) is 28.2 Å². The molecule has 0 aliphatic heterocycles. The zero-order valence-corrected chi connectivity index (χ0v) is 10.6. The maximum absolute atomic E-state index is 9.63. The molecule has 1 aromatic rings. The van der Waals surface area contributed by atoms with Crippen LogP contribution in [0.3, 0.4) is 0 Å². The summed E-state index contributed by atoms with van der Waals surface area (Å²) in [5.41, 5.74) is 0.590. The maximum atomic E-state index is 9.63. The highest BCUT2D eigenvalue weighted by Crippen LogP contribution is 1.86. The number of nitrogens with one attached hydrogen (secondary N) is 2. The van der Waals surface area contributed by atoms with Gasteiger partial charge in [-0.2, -0.15) is 0 Å². The van der Waals surface area contributed by atoms with Gasteiger partial charge in [0.1, 0.15) is 0 Å². The van der Waals surface area contributed by atoms with Crippen LogP contribution in [-0.4, -0.2) is 50.2 Å². The lowest BCUT2D eigenvalue weighted by molar-refractivity contribution is -0.765. The predicted octanol–water partition coefficient (Wildman–Crippen LogP) is -0.374. The molecular formula is C11H19N5O. The van der Waals surface area contributed by atoms with Gasteiger partial charge in [-0.3, -0.25) is 9.88 Å². The average Bonchev–Trinajstić information content (AvgIpc) is 2.30. The van der Waals surface area contributed by atoms with Crippen molar-refractivity contribution in [3.63, 3.8) is 0 Å². The van der Waals surface area contributed by atoms with E-state index in [1.807, 2.05) is 28.2 Å². The average molecular weight is 237 g/mol. The van der Waals surface area contributed by atoms with E-state index in [0.29, 0.717) is 11.7 Å². The van der Waals surface area contributed by atoms with E-state index in [-0.39, 0.29) is 0 Å². The topological polar surface area (TPSA) is 79.8 Å². The Labute approximate surface area is 102 Å². The molecule has 17 heavy (non-hydrogen) atoms. The molecule has 0 spiro atoms. The first-order valence-electron chi connectivity index (χ1n) is 5.12. The number of nitrogens with zero attached hydrogens (tertiary/aromatic N) is 3. The van der Waals surface area contributed by atoms with Gasteiger partial charge in [-0.05, 0) is 12.1 Å². The summed E-state index contributed by atoms with van der Waals surface area (Å²) in [5.74, 6) is 0.602. The Morgan fingerprint density at radius 1 is 1.47 bits per heavy atom. The van der Waals surface area contributed by atoms with Crippen molar-refractivity contribution in [2.45, 2.75) is 0 Å². The molecule has 1 rings (SSSR count). The zero-order valence-electron chi connectivity index (χ0n) is 10.6. The number of quaternary nitrogens is 1. The fourth-order valence-corrected chi connectivity index (χ4v) is 0.954. The fourth-order valence-electron chi connectivity index (χ4n) is 0.954. The van der Waals surface area contributed by atoms with Crippen molar-refractivity contribution in [1.29, 1.82) is 5.41 Å². The number of hydrogen-bond donors (Lipinski definition) is 2. The third kappa shape index (κ3) is 7.02. The summed E-state index contributed by atoms with van der Waals surface area (Å²) in [4.78, 5) is 6.66. The third-order valence-electron chi connectivity index (χ3n) is 1.79. The first-order chi connectivity index (χ1) is 7.99. The molecule has 0 amide bonds. The van der Waals surface area contributed by atoms with E-state index in [1.165, 1.54) is 6.21 Å². The van der Waals surface area contributed by atoms with Gasteiger partial charge in [0.15, 0.2) is 0 Å². The molecule has 6 nitrogen and oxygen atoms in total. The first-order valence-corrected chi connectivity index (χ1v) is 5.12. The number of pyridine rings is 1. The van der Waals surface area contributed by atoms with E-state index >= 15 is 0 Å². The number of guanidine groups is 1. The largest absolute Gasteiger partial charge is 0.792 e. The van der Waals surface area contributed by atoms with Crippen LogP contribution in [0.15, 0.2) is 29.6 Å². The second-order valence-corrected chi connectivity index (χ2v) is 3.73. The summed E-state index contributed by atoms with van der Waals surface area (Å²) < 4.78 is 0. The lowest BCUT2D eigenvalue weighted by atomic mass is 10.4. The van der Waals surface area contributed by atoms with E-state index in [1.54, 1.807) is 29.3 Å². The quantitative estimate of drug-likeness (QED) is 0.397. The molecule has 0 aliphatic rings. The minimum Gasteiger partial charge on any atom is -0.792 e. The number of rotatable bonds is 1. The van der Waals surface area contributed by atoms with Crippen LogP contribution < -0.4 is 4.90 Å². The highest BCUT2D eigenvalue weighted by atomic mass is 16.4. The monoisotopic (exact) mass is 237 g/mol. The van der Waals surface area contributed by atoms with Gasteiger partial charge < -0.3 is 15.3 Å². The Bertz CT molecular complexity index is 338. The maximum Gasteiger partial charge on any atom is 0.294 e. The van der Waals surface area contributed by atoms with Crippen LogP contribution in [0, 0.1) is 10.6 Å². The summed E-state index contributed by atoms with van der Waals surface area (Å²) >= 11 is 0. The normalized spacial score (nSPS) is 9.94. The molecule has 2 N–H and O–H groups in total. The Morgan fingerprint density at radius 3 is 2.41 bits per heavy atom. The van der Waals surface area contributed by atoms with E-state index in [2.05, 4.69) is 10.1 Å².